The van der Waals surface area contributed by atoms with Gasteiger partial charge in [0.25, 0.3) is 0 Å². The van der Waals surface area contributed by atoms with Crippen LogP contribution < -0.4 is 5.32 Å². The molecule has 0 bridgehead atoms. The van der Waals surface area contributed by atoms with Crippen molar-refractivity contribution in [3.8, 4) is 0 Å². The van der Waals surface area contributed by atoms with E-state index in [1.165, 1.54) is 11.3 Å². The predicted octanol–water partition coefficient (Wildman–Crippen LogP) is 3.97. The predicted molar refractivity (Wildman–Crippen MR) is 91.7 cm³/mol. The highest BCUT2D eigenvalue weighted by Gasteiger charge is 2.13. The Balaban J connectivity index is 1.69. The largest absolute Gasteiger partial charge is 0.464 e. The molecule has 2 aromatic heterocycles. The number of rotatable bonds is 5. The number of hydrogen-bond acceptors (Lipinski definition) is 5. The zero-order valence-electron chi connectivity index (χ0n) is 13.4. The molecule has 0 unspecified atom stereocenters. The van der Waals surface area contributed by atoms with E-state index in [0.717, 1.165) is 33.5 Å². The number of aromatic nitrogens is 2. The molecule has 0 saturated heterocycles. The molecule has 1 amide bonds. The average molecular weight is 329 g/mol. The standard InChI is InChI=1S/C17H19N3O2S/c1-10(2)6-16-19-20-17(23-16)18-15(21)8-12-9-22-14-5-4-11(3)7-13(12)14/h4-5,7,9-10H,6,8H2,1-3H3,(H,18,20,21). The summed E-state index contributed by atoms with van der Waals surface area (Å²) in [7, 11) is 0. The van der Waals surface area contributed by atoms with Gasteiger partial charge in [0.1, 0.15) is 10.6 Å². The van der Waals surface area contributed by atoms with E-state index in [1.54, 1.807) is 6.26 Å². The average Bonchev–Trinajstić information content (AvgIpc) is 3.06. The molecule has 0 aliphatic carbocycles. The zero-order chi connectivity index (χ0) is 16.4. The fraction of sp³-hybridized carbons (Fsp3) is 0.353. The summed E-state index contributed by atoms with van der Waals surface area (Å²) in [6.45, 7) is 6.28. The minimum Gasteiger partial charge on any atom is -0.464 e. The van der Waals surface area contributed by atoms with Crippen LogP contribution in [0.2, 0.25) is 0 Å². The zero-order valence-corrected chi connectivity index (χ0v) is 14.2. The number of benzene rings is 1. The molecule has 3 rings (SSSR count). The number of amides is 1. The van der Waals surface area contributed by atoms with Gasteiger partial charge in [-0.1, -0.05) is 36.8 Å². The Labute approximate surface area is 138 Å². The molecule has 0 aliphatic rings. The van der Waals surface area contributed by atoms with Crippen molar-refractivity contribution in [3.63, 3.8) is 0 Å². The first-order valence-corrected chi connectivity index (χ1v) is 8.42. The Kier molecular flexibility index (Phi) is 4.43. The summed E-state index contributed by atoms with van der Waals surface area (Å²) in [5.74, 6) is 0.411. The van der Waals surface area contributed by atoms with Crippen molar-refractivity contribution in [2.24, 2.45) is 5.92 Å². The molecule has 5 nitrogen and oxygen atoms in total. The van der Waals surface area contributed by atoms with E-state index in [0.29, 0.717) is 11.0 Å². The molecule has 0 spiro atoms. The molecule has 1 N–H and O–H groups in total. The van der Waals surface area contributed by atoms with E-state index in [4.69, 9.17) is 4.42 Å². The topological polar surface area (TPSA) is 68.0 Å². The van der Waals surface area contributed by atoms with E-state index in [2.05, 4.69) is 29.4 Å². The van der Waals surface area contributed by atoms with E-state index in [-0.39, 0.29) is 12.3 Å². The van der Waals surface area contributed by atoms with Crippen LogP contribution in [-0.4, -0.2) is 16.1 Å². The minimum atomic E-state index is -0.110. The van der Waals surface area contributed by atoms with Crippen LogP contribution in [-0.2, 0) is 17.6 Å². The van der Waals surface area contributed by atoms with Gasteiger partial charge in [-0.25, -0.2) is 0 Å². The molecule has 1 aromatic carbocycles. The molecule has 2 heterocycles. The van der Waals surface area contributed by atoms with Crippen LogP contribution in [0.3, 0.4) is 0 Å². The smallest absolute Gasteiger partial charge is 0.230 e. The van der Waals surface area contributed by atoms with Crippen molar-refractivity contribution in [3.05, 3.63) is 40.6 Å². The van der Waals surface area contributed by atoms with Crippen molar-refractivity contribution < 1.29 is 9.21 Å². The number of carbonyl (C=O) groups excluding carboxylic acids is 1. The molecule has 0 atom stereocenters. The van der Waals surface area contributed by atoms with Gasteiger partial charge < -0.3 is 9.73 Å². The van der Waals surface area contributed by atoms with Gasteiger partial charge in [-0.3, -0.25) is 4.79 Å². The maximum absolute atomic E-state index is 12.2. The quantitative estimate of drug-likeness (QED) is 0.769. The highest BCUT2D eigenvalue weighted by Crippen LogP contribution is 2.24. The van der Waals surface area contributed by atoms with Crippen molar-refractivity contribution in [1.29, 1.82) is 0 Å². The van der Waals surface area contributed by atoms with Crippen LogP contribution in [0, 0.1) is 12.8 Å². The lowest BCUT2D eigenvalue weighted by Gasteiger charge is -2.00. The van der Waals surface area contributed by atoms with Crippen LogP contribution in [0.15, 0.2) is 28.9 Å². The van der Waals surface area contributed by atoms with Gasteiger partial charge in [-0.05, 0) is 25.0 Å². The summed E-state index contributed by atoms with van der Waals surface area (Å²) in [4.78, 5) is 12.2. The Morgan fingerprint density at radius 1 is 1.35 bits per heavy atom. The van der Waals surface area contributed by atoms with Crippen LogP contribution in [0.4, 0.5) is 5.13 Å². The number of nitrogens with one attached hydrogen (secondary N) is 1. The second kappa shape index (κ2) is 6.50. The maximum atomic E-state index is 12.2. The van der Waals surface area contributed by atoms with Crippen LogP contribution >= 0.6 is 11.3 Å². The first-order valence-electron chi connectivity index (χ1n) is 7.60. The number of anilines is 1. The van der Waals surface area contributed by atoms with E-state index in [1.807, 2.05) is 25.1 Å². The second-order valence-corrected chi connectivity index (χ2v) is 7.15. The monoisotopic (exact) mass is 329 g/mol. The van der Waals surface area contributed by atoms with Crippen LogP contribution in [0.25, 0.3) is 11.0 Å². The van der Waals surface area contributed by atoms with Crippen LogP contribution in [0.1, 0.15) is 30.0 Å². The normalized spacial score (nSPS) is 11.3. The summed E-state index contributed by atoms with van der Waals surface area (Å²) < 4.78 is 5.50. The third kappa shape index (κ3) is 3.76. The molecule has 0 aliphatic heterocycles. The number of fused-ring (bicyclic) bond motifs is 1. The number of nitrogens with zero attached hydrogens (tertiary/aromatic N) is 2. The van der Waals surface area contributed by atoms with Gasteiger partial charge in [0.2, 0.25) is 11.0 Å². The number of aryl methyl sites for hydroxylation is 1. The molecule has 120 valence electrons. The third-order valence-corrected chi connectivity index (χ3v) is 4.32. The molecule has 0 saturated carbocycles. The second-order valence-electron chi connectivity index (χ2n) is 6.08. The van der Waals surface area contributed by atoms with Crippen molar-refractivity contribution in [2.45, 2.75) is 33.6 Å². The van der Waals surface area contributed by atoms with E-state index >= 15 is 0 Å². The summed E-state index contributed by atoms with van der Waals surface area (Å²) in [6.07, 6.45) is 2.78. The molecule has 0 radical (unpaired) electrons. The molecular formula is C17H19N3O2S. The fourth-order valence-electron chi connectivity index (χ4n) is 2.40. The third-order valence-electron chi connectivity index (χ3n) is 3.46. The number of hydrogen-bond donors (Lipinski definition) is 1. The van der Waals surface area contributed by atoms with Gasteiger partial charge in [-0.2, -0.15) is 0 Å². The van der Waals surface area contributed by atoms with Gasteiger partial charge in [0.15, 0.2) is 0 Å². The van der Waals surface area contributed by atoms with Gasteiger partial charge in [0, 0.05) is 17.4 Å². The van der Waals surface area contributed by atoms with E-state index < -0.39 is 0 Å². The molecular weight excluding hydrogens is 310 g/mol. The van der Waals surface area contributed by atoms with Crippen LogP contribution in [0.5, 0.6) is 0 Å². The Morgan fingerprint density at radius 2 is 2.17 bits per heavy atom. The lowest BCUT2D eigenvalue weighted by molar-refractivity contribution is -0.115. The summed E-state index contributed by atoms with van der Waals surface area (Å²) in [6, 6.07) is 5.95. The fourth-order valence-corrected chi connectivity index (χ4v) is 3.37. The SMILES string of the molecule is Cc1ccc2occ(CC(=O)Nc3nnc(CC(C)C)s3)c2c1. The lowest BCUT2D eigenvalue weighted by Crippen LogP contribution is -2.14. The highest BCUT2D eigenvalue weighted by atomic mass is 32.1. The highest BCUT2D eigenvalue weighted by molar-refractivity contribution is 7.15. The summed E-state index contributed by atoms with van der Waals surface area (Å²) in [5, 5.41) is 13.4. The minimum absolute atomic E-state index is 0.110. The van der Waals surface area contributed by atoms with Crippen molar-refractivity contribution in [2.75, 3.05) is 5.32 Å². The van der Waals surface area contributed by atoms with E-state index in [9.17, 15) is 4.79 Å². The number of furan rings is 1. The summed E-state index contributed by atoms with van der Waals surface area (Å²) in [5.41, 5.74) is 2.82. The number of carbonyl (C=O) groups is 1. The lowest BCUT2D eigenvalue weighted by atomic mass is 10.1. The summed E-state index contributed by atoms with van der Waals surface area (Å²) >= 11 is 1.43. The Hall–Kier alpha value is -2.21. The maximum Gasteiger partial charge on any atom is 0.230 e. The first-order chi connectivity index (χ1) is 11.0. The molecule has 3 aromatic rings. The molecule has 6 heteroatoms. The van der Waals surface area contributed by atoms with Gasteiger partial charge in [-0.15, -0.1) is 10.2 Å². The van der Waals surface area contributed by atoms with Crippen molar-refractivity contribution >= 4 is 33.3 Å². The van der Waals surface area contributed by atoms with Gasteiger partial charge >= 0.3 is 0 Å². The van der Waals surface area contributed by atoms with Crippen molar-refractivity contribution in [1.82, 2.24) is 10.2 Å². The van der Waals surface area contributed by atoms with Gasteiger partial charge in [0.05, 0.1) is 12.7 Å². The molecule has 0 fully saturated rings. The molecule has 23 heavy (non-hydrogen) atoms. The Bertz CT molecular complexity index is 835. The Morgan fingerprint density at radius 3 is 2.96 bits per heavy atom. The first kappa shape index (κ1) is 15.7.